The van der Waals surface area contributed by atoms with E-state index in [2.05, 4.69) is 18.2 Å². The fourth-order valence-electron chi connectivity index (χ4n) is 2.33. The van der Waals surface area contributed by atoms with Crippen LogP contribution in [0.3, 0.4) is 0 Å². The number of rotatable bonds is 2. The molecule has 2 heteroatoms. The first-order chi connectivity index (χ1) is 6.90. The highest BCUT2D eigenvalue weighted by molar-refractivity contribution is 6.73. The fraction of sp³-hybridized carbons (Fsp3) is 0.500. The minimum Gasteiger partial charge on any atom is -0.497 e. The summed E-state index contributed by atoms with van der Waals surface area (Å²) in [7, 11) is 1.15. The van der Waals surface area contributed by atoms with Crippen molar-refractivity contribution in [2.24, 2.45) is 0 Å². The van der Waals surface area contributed by atoms with Gasteiger partial charge in [0.25, 0.3) is 0 Å². The zero-order valence-electron chi connectivity index (χ0n) is 8.83. The predicted molar refractivity (Wildman–Crippen MR) is 63.2 cm³/mol. The van der Waals surface area contributed by atoms with Gasteiger partial charge in [-0.05, 0) is 12.1 Å². The van der Waals surface area contributed by atoms with Crippen LogP contribution in [0.15, 0.2) is 24.3 Å². The highest BCUT2D eigenvalue weighted by Gasteiger charge is 2.17. The lowest BCUT2D eigenvalue weighted by Crippen LogP contribution is -2.31. The van der Waals surface area contributed by atoms with Crippen molar-refractivity contribution in [3.8, 4) is 5.75 Å². The molecular formula is C12H18OSi. The van der Waals surface area contributed by atoms with Crippen molar-refractivity contribution in [1.29, 1.82) is 0 Å². The first-order valence-electron chi connectivity index (χ1n) is 5.54. The van der Waals surface area contributed by atoms with Crippen molar-refractivity contribution in [3.63, 3.8) is 0 Å². The van der Waals surface area contributed by atoms with E-state index in [1.54, 1.807) is 12.3 Å². The standard InChI is InChI=1S/C12H18OSi/c1-13-11-6-5-7-12(10-11)14-8-3-2-4-9-14/h5-7,10,14H,2-4,8-9H2,1H3. The van der Waals surface area contributed by atoms with Crippen molar-refractivity contribution >= 4 is 14.0 Å². The van der Waals surface area contributed by atoms with Gasteiger partial charge in [0.2, 0.25) is 0 Å². The normalized spacial score (nSPS) is 18.1. The summed E-state index contributed by atoms with van der Waals surface area (Å²) in [6, 6.07) is 11.7. The number of ether oxygens (including phenoxy) is 1. The quantitative estimate of drug-likeness (QED) is 0.675. The average molecular weight is 206 g/mol. The second-order valence-electron chi connectivity index (χ2n) is 4.11. The molecule has 1 heterocycles. The van der Waals surface area contributed by atoms with E-state index in [9.17, 15) is 0 Å². The molecule has 0 unspecified atom stereocenters. The summed E-state index contributed by atoms with van der Waals surface area (Å²) in [5, 5.41) is 1.60. The Labute approximate surface area is 87.7 Å². The molecule has 1 aromatic rings. The van der Waals surface area contributed by atoms with Crippen LogP contribution in [0, 0.1) is 0 Å². The third-order valence-electron chi connectivity index (χ3n) is 3.17. The summed E-state index contributed by atoms with van der Waals surface area (Å²) in [5.41, 5.74) is 0. The van der Waals surface area contributed by atoms with Gasteiger partial charge in [0, 0.05) is 0 Å². The molecule has 0 aliphatic carbocycles. The first-order valence-corrected chi connectivity index (χ1v) is 7.75. The largest absolute Gasteiger partial charge is 0.497 e. The predicted octanol–water partition coefficient (Wildman–Crippen LogP) is 2.31. The Kier molecular flexibility index (Phi) is 3.25. The monoisotopic (exact) mass is 206 g/mol. The van der Waals surface area contributed by atoms with Crippen molar-refractivity contribution < 1.29 is 4.74 Å². The van der Waals surface area contributed by atoms with Gasteiger partial charge in [0.05, 0.1) is 15.9 Å². The molecule has 14 heavy (non-hydrogen) atoms. The number of methoxy groups -OCH3 is 1. The summed E-state index contributed by atoms with van der Waals surface area (Å²) in [5.74, 6) is 1.03. The van der Waals surface area contributed by atoms with E-state index in [0.717, 1.165) is 5.75 Å². The van der Waals surface area contributed by atoms with Crippen LogP contribution >= 0.6 is 0 Å². The molecule has 1 aromatic carbocycles. The van der Waals surface area contributed by atoms with E-state index in [-0.39, 0.29) is 0 Å². The van der Waals surface area contributed by atoms with Gasteiger partial charge in [-0.3, -0.25) is 0 Å². The fourth-order valence-corrected chi connectivity index (χ4v) is 5.63. The molecule has 0 atom stereocenters. The van der Waals surface area contributed by atoms with Crippen LogP contribution < -0.4 is 9.92 Å². The Hall–Kier alpha value is -0.763. The smallest absolute Gasteiger partial charge is 0.118 e. The maximum absolute atomic E-state index is 5.27. The first kappa shape index (κ1) is 9.78. The molecule has 1 nitrogen and oxygen atoms in total. The van der Waals surface area contributed by atoms with Crippen LogP contribution in [0.1, 0.15) is 19.3 Å². The Balaban J connectivity index is 2.13. The molecule has 1 fully saturated rings. The zero-order chi connectivity index (χ0) is 9.80. The molecule has 0 saturated carbocycles. The van der Waals surface area contributed by atoms with Crippen molar-refractivity contribution in [2.45, 2.75) is 31.4 Å². The van der Waals surface area contributed by atoms with Gasteiger partial charge in [-0.25, -0.2) is 0 Å². The van der Waals surface area contributed by atoms with Crippen LogP contribution in [0.5, 0.6) is 5.75 Å². The van der Waals surface area contributed by atoms with Crippen molar-refractivity contribution in [2.75, 3.05) is 7.11 Å². The molecule has 2 rings (SSSR count). The number of hydrogen-bond donors (Lipinski definition) is 0. The third kappa shape index (κ3) is 2.18. The molecule has 0 spiro atoms. The van der Waals surface area contributed by atoms with Gasteiger partial charge in [-0.1, -0.05) is 48.7 Å². The summed E-state index contributed by atoms with van der Waals surface area (Å²) < 4.78 is 5.27. The van der Waals surface area contributed by atoms with Crippen LogP contribution in [0.4, 0.5) is 0 Å². The van der Waals surface area contributed by atoms with E-state index in [1.165, 1.54) is 31.4 Å². The summed E-state index contributed by atoms with van der Waals surface area (Å²) in [4.78, 5) is 0. The van der Waals surface area contributed by atoms with Crippen molar-refractivity contribution in [1.82, 2.24) is 0 Å². The molecular weight excluding hydrogens is 188 g/mol. The second kappa shape index (κ2) is 4.65. The number of benzene rings is 1. The SMILES string of the molecule is COc1cccc([SiH]2CCCCC2)c1. The molecule has 0 amide bonds. The summed E-state index contributed by atoms with van der Waals surface area (Å²) >= 11 is 0. The van der Waals surface area contributed by atoms with Gasteiger partial charge >= 0.3 is 0 Å². The lowest BCUT2D eigenvalue weighted by Gasteiger charge is -2.20. The Morgan fingerprint density at radius 1 is 1.14 bits per heavy atom. The van der Waals surface area contributed by atoms with E-state index in [4.69, 9.17) is 4.74 Å². The maximum Gasteiger partial charge on any atom is 0.118 e. The average Bonchev–Trinajstić information content (AvgIpc) is 2.30. The zero-order valence-corrected chi connectivity index (χ0v) is 9.99. The second-order valence-corrected chi connectivity index (χ2v) is 7.33. The van der Waals surface area contributed by atoms with Crippen LogP contribution in [-0.4, -0.2) is 15.9 Å². The lowest BCUT2D eigenvalue weighted by atomic mass is 10.3. The van der Waals surface area contributed by atoms with E-state index >= 15 is 0 Å². The minimum absolute atomic E-state index is 0.606. The van der Waals surface area contributed by atoms with E-state index in [1.807, 2.05) is 6.07 Å². The highest BCUT2D eigenvalue weighted by Crippen LogP contribution is 2.19. The lowest BCUT2D eigenvalue weighted by molar-refractivity contribution is 0.415. The topological polar surface area (TPSA) is 9.23 Å². The van der Waals surface area contributed by atoms with Gasteiger partial charge in [0.1, 0.15) is 5.75 Å². The summed E-state index contributed by atoms with van der Waals surface area (Å²) in [6.45, 7) is 0. The maximum atomic E-state index is 5.27. The molecule has 0 radical (unpaired) electrons. The summed E-state index contributed by atoms with van der Waals surface area (Å²) in [6.07, 6.45) is 4.36. The van der Waals surface area contributed by atoms with Gasteiger partial charge < -0.3 is 4.74 Å². The van der Waals surface area contributed by atoms with E-state index < -0.39 is 8.80 Å². The molecule has 76 valence electrons. The van der Waals surface area contributed by atoms with Gasteiger partial charge in [-0.15, -0.1) is 0 Å². The third-order valence-corrected chi connectivity index (χ3v) is 6.68. The minimum atomic E-state index is -0.606. The highest BCUT2D eigenvalue weighted by atomic mass is 28.3. The molecule has 0 aromatic heterocycles. The number of hydrogen-bond acceptors (Lipinski definition) is 1. The molecule has 0 N–H and O–H groups in total. The Bertz CT molecular complexity index is 292. The Morgan fingerprint density at radius 2 is 1.93 bits per heavy atom. The van der Waals surface area contributed by atoms with Crippen molar-refractivity contribution in [3.05, 3.63) is 24.3 Å². The molecule has 1 aliphatic heterocycles. The van der Waals surface area contributed by atoms with Gasteiger partial charge in [0.15, 0.2) is 0 Å². The molecule has 1 aliphatic rings. The molecule has 0 bridgehead atoms. The van der Waals surface area contributed by atoms with Crippen LogP contribution in [0.25, 0.3) is 0 Å². The Morgan fingerprint density at radius 3 is 2.64 bits per heavy atom. The van der Waals surface area contributed by atoms with Crippen LogP contribution in [-0.2, 0) is 0 Å². The molecule has 1 saturated heterocycles. The van der Waals surface area contributed by atoms with Crippen LogP contribution in [0.2, 0.25) is 12.1 Å². The van der Waals surface area contributed by atoms with Gasteiger partial charge in [-0.2, -0.15) is 0 Å². The van der Waals surface area contributed by atoms with E-state index in [0.29, 0.717) is 0 Å².